The zero-order valence-corrected chi connectivity index (χ0v) is 12.9. The maximum absolute atomic E-state index is 3.93. The number of aryl methyl sites for hydroxylation is 1. The molecule has 0 aliphatic heterocycles. The molecule has 0 unspecified atom stereocenters. The molecule has 0 nitrogen and oxygen atoms in total. The average molecular weight is 313 g/mol. The molecule has 0 atom stereocenters. The van der Waals surface area contributed by atoms with E-state index in [0.29, 0.717) is 15.0 Å². The summed E-state index contributed by atoms with van der Waals surface area (Å²) in [5, 5.41) is 1.09. The van der Waals surface area contributed by atoms with E-state index in [9.17, 15) is 0 Å². The molecule has 0 radical (unpaired) electrons. The predicted octanol–water partition coefficient (Wildman–Crippen LogP) is 4.01. The third-order valence-corrected chi connectivity index (χ3v) is 5.11. The van der Waals surface area contributed by atoms with Crippen molar-refractivity contribution in [2.75, 3.05) is 0 Å². The molecule has 0 bridgehead atoms. The zero-order chi connectivity index (χ0) is 13.5. The summed E-state index contributed by atoms with van der Waals surface area (Å²) in [6.07, 6.45) is 4.21. The first-order valence-electron chi connectivity index (χ1n) is 6.35. The number of benzene rings is 2. The molecule has 0 aromatic heterocycles. The fourth-order valence-electron chi connectivity index (χ4n) is 1.72. The van der Waals surface area contributed by atoms with Gasteiger partial charge in [-0.2, -0.15) is 0 Å². The Morgan fingerprint density at radius 2 is 1.74 bits per heavy atom. The van der Waals surface area contributed by atoms with Gasteiger partial charge >= 0.3 is 122 Å². The molecular formula is C18H18Se. The molecule has 0 aliphatic carbocycles. The second kappa shape index (κ2) is 7.13. The molecular weight excluding hydrogens is 295 g/mol. The second-order valence-corrected chi connectivity index (χ2v) is 6.64. The van der Waals surface area contributed by atoms with E-state index >= 15 is 0 Å². The van der Waals surface area contributed by atoms with Gasteiger partial charge in [0.1, 0.15) is 0 Å². The molecule has 19 heavy (non-hydrogen) atoms. The molecule has 0 saturated heterocycles. The first-order valence-corrected chi connectivity index (χ1v) is 8.42. The molecule has 2 aromatic rings. The first kappa shape index (κ1) is 13.9. The predicted molar refractivity (Wildman–Crippen MR) is 86.0 cm³/mol. The Bertz CT molecular complexity index is 550. The van der Waals surface area contributed by atoms with Crippen molar-refractivity contribution in [1.29, 1.82) is 0 Å². The van der Waals surface area contributed by atoms with Gasteiger partial charge in [-0.25, -0.2) is 0 Å². The topological polar surface area (TPSA) is 0 Å². The third kappa shape index (κ3) is 4.55. The zero-order valence-electron chi connectivity index (χ0n) is 11.2. The van der Waals surface area contributed by atoms with Crippen molar-refractivity contribution in [1.82, 2.24) is 0 Å². The van der Waals surface area contributed by atoms with Crippen LogP contribution >= 0.6 is 0 Å². The van der Waals surface area contributed by atoms with Crippen LogP contribution in [0.4, 0.5) is 0 Å². The summed E-state index contributed by atoms with van der Waals surface area (Å²) in [4.78, 5) is 0. The van der Waals surface area contributed by atoms with E-state index < -0.39 is 0 Å². The van der Waals surface area contributed by atoms with Crippen LogP contribution in [-0.4, -0.2) is 15.0 Å². The summed E-state index contributed by atoms with van der Waals surface area (Å²) in [5.41, 5.74) is 3.86. The molecule has 0 amide bonds. The summed E-state index contributed by atoms with van der Waals surface area (Å²) in [6.45, 7) is 6.04. The SMILES string of the molecule is C=C/C(=C\c1ccc(C)cc1)C[Se]c1ccccc1. The Morgan fingerprint density at radius 1 is 1.05 bits per heavy atom. The van der Waals surface area contributed by atoms with Crippen molar-refractivity contribution >= 4 is 25.5 Å². The normalized spacial score (nSPS) is 11.3. The Labute approximate surface area is 122 Å². The molecule has 0 heterocycles. The molecule has 0 aliphatic rings. The second-order valence-electron chi connectivity index (χ2n) is 4.44. The van der Waals surface area contributed by atoms with Crippen molar-refractivity contribution < 1.29 is 0 Å². The first-order chi connectivity index (χ1) is 9.28. The Balaban J connectivity index is 2.04. The van der Waals surface area contributed by atoms with Gasteiger partial charge in [0.15, 0.2) is 0 Å². The number of rotatable bonds is 5. The molecule has 96 valence electrons. The van der Waals surface area contributed by atoms with E-state index in [1.807, 2.05) is 6.08 Å². The Hall–Kier alpha value is -1.56. The van der Waals surface area contributed by atoms with E-state index in [0.717, 1.165) is 5.32 Å². The van der Waals surface area contributed by atoms with E-state index in [-0.39, 0.29) is 0 Å². The van der Waals surface area contributed by atoms with E-state index in [1.54, 1.807) is 0 Å². The summed E-state index contributed by atoms with van der Waals surface area (Å²) in [7, 11) is 0. The average Bonchev–Trinajstić information content (AvgIpc) is 2.46. The van der Waals surface area contributed by atoms with E-state index in [2.05, 4.69) is 74.2 Å². The van der Waals surface area contributed by atoms with Crippen molar-refractivity contribution in [3.05, 3.63) is 84.0 Å². The molecule has 2 rings (SSSR count). The van der Waals surface area contributed by atoms with Crippen molar-refractivity contribution in [3.8, 4) is 0 Å². The van der Waals surface area contributed by atoms with Gasteiger partial charge in [-0.1, -0.05) is 0 Å². The number of allylic oxidation sites excluding steroid dienone is 2. The van der Waals surface area contributed by atoms with Gasteiger partial charge in [0, 0.05) is 0 Å². The summed E-state index contributed by atoms with van der Waals surface area (Å²) >= 11 is 0.478. The van der Waals surface area contributed by atoms with Crippen molar-refractivity contribution in [2.45, 2.75) is 12.2 Å². The fraction of sp³-hybridized carbons (Fsp3) is 0.111. The van der Waals surface area contributed by atoms with Gasteiger partial charge < -0.3 is 0 Å². The van der Waals surface area contributed by atoms with Crippen LogP contribution in [0.3, 0.4) is 0 Å². The van der Waals surface area contributed by atoms with Crippen LogP contribution < -0.4 is 4.46 Å². The van der Waals surface area contributed by atoms with Gasteiger partial charge in [0.2, 0.25) is 0 Å². The third-order valence-electron chi connectivity index (χ3n) is 2.84. The Kier molecular flexibility index (Phi) is 5.20. The molecule has 0 N–H and O–H groups in total. The van der Waals surface area contributed by atoms with Crippen LogP contribution in [0.1, 0.15) is 11.1 Å². The van der Waals surface area contributed by atoms with Gasteiger partial charge in [-0.15, -0.1) is 0 Å². The summed E-state index contributed by atoms with van der Waals surface area (Å²) in [6, 6.07) is 19.3. The Morgan fingerprint density at radius 3 is 2.37 bits per heavy atom. The van der Waals surface area contributed by atoms with Crippen LogP contribution in [0.5, 0.6) is 0 Å². The quantitative estimate of drug-likeness (QED) is 0.578. The van der Waals surface area contributed by atoms with Crippen LogP contribution in [0.2, 0.25) is 5.32 Å². The van der Waals surface area contributed by atoms with Gasteiger partial charge in [0.05, 0.1) is 0 Å². The summed E-state index contributed by atoms with van der Waals surface area (Å²) < 4.78 is 1.44. The molecule has 0 saturated carbocycles. The standard InChI is InChI=1S/C18H18Se/c1-3-16(13-17-11-9-15(2)10-12-17)14-19-18-7-5-4-6-8-18/h3-13H,1,14H2,2H3/b16-13+. The van der Waals surface area contributed by atoms with E-state index in [1.165, 1.54) is 21.2 Å². The number of hydrogen-bond acceptors (Lipinski definition) is 0. The van der Waals surface area contributed by atoms with Crippen LogP contribution in [0, 0.1) is 6.92 Å². The van der Waals surface area contributed by atoms with Crippen LogP contribution in [0.25, 0.3) is 6.08 Å². The molecule has 2 aromatic carbocycles. The minimum atomic E-state index is 0.478. The van der Waals surface area contributed by atoms with Crippen molar-refractivity contribution in [2.24, 2.45) is 0 Å². The minimum absolute atomic E-state index is 0.478. The van der Waals surface area contributed by atoms with Gasteiger partial charge in [-0.05, 0) is 0 Å². The summed E-state index contributed by atoms with van der Waals surface area (Å²) in [5.74, 6) is 0. The molecule has 0 spiro atoms. The molecule has 0 fully saturated rings. The van der Waals surface area contributed by atoms with Crippen LogP contribution in [0.15, 0.2) is 72.8 Å². The van der Waals surface area contributed by atoms with Crippen LogP contribution in [-0.2, 0) is 0 Å². The fourth-order valence-corrected chi connectivity index (χ4v) is 3.57. The van der Waals surface area contributed by atoms with Crippen molar-refractivity contribution in [3.63, 3.8) is 0 Å². The van der Waals surface area contributed by atoms with Gasteiger partial charge in [0.25, 0.3) is 0 Å². The maximum atomic E-state index is 3.93. The number of hydrogen-bond donors (Lipinski definition) is 0. The van der Waals surface area contributed by atoms with Gasteiger partial charge in [-0.3, -0.25) is 0 Å². The monoisotopic (exact) mass is 314 g/mol. The molecule has 1 heteroatoms. The van der Waals surface area contributed by atoms with E-state index in [4.69, 9.17) is 0 Å².